The third-order valence-corrected chi connectivity index (χ3v) is 2.72. The van der Waals surface area contributed by atoms with E-state index in [0.29, 0.717) is 0 Å². The number of nitrogens with two attached hydrogens (primary N) is 1. The predicted molar refractivity (Wildman–Crippen MR) is 72.9 cm³/mol. The average molecular weight is 309 g/mol. The summed E-state index contributed by atoms with van der Waals surface area (Å²) in [6, 6.07) is 7.58. The van der Waals surface area contributed by atoms with Gasteiger partial charge in [-0.25, -0.2) is 4.79 Å². The van der Waals surface area contributed by atoms with E-state index in [0.717, 1.165) is 5.56 Å². The molecule has 0 radical (unpaired) electrons. The van der Waals surface area contributed by atoms with Crippen molar-refractivity contribution >= 4 is 23.7 Å². The molecule has 4 N–H and O–H groups in total. The van der Waals surface area contributed by atoms with Crippen molar-refractivity contribution in [2.75, 3.05) is 0 Å². The van der Waals surface area contributed by atoms with Crippen LogP contribution >= 0.6 is 0 Å². The molecule has 0 aliphatic carbocycles. The Balaban J connectivity index is 2.71. The Labute approximate surface area is 125 Å². The van der Waals surface area contributed by atoms with E-state index >= 15 is 0 Å². The van der Waals surface area contributed by atoms with Gasteiger partial charge in [-0.05, 0) is 12.0 Å². The van der Waals surface area contributed by atoms with Gasteiger partial charge in [0, 0.05) is 0 Å². The topological polar surface area (TPSA) is 144 Å². The van der Waals surface area contributed by atoms with Gasteiger partial charge in [-0.15, -0.1) is 0 Å². The highest BCUT2D eigenvalue weighted by Crippen LogP contribution is 2.07. The van der Waals surface area contributed by atoms with Crippen LogP contribution in [-0.2, 0) is 30.3 Å². The molecule has 0 saturated carbocycles. The molecule has 1 aromatic rings. The zero-order chi connectivity index (χ0) is 16.7. The standard InChI is InChI=1S/C14H15NO7/c15-9(6-8-4-2-1-3-5-8)14(21)22-10(7-11(16)17)12(18)13(19)20/h1-5,9-10H,6-7,15H2,(H,16,17)(H,19,20). The van der Waals surface area contributed by atoms with Crippen LogP contribution in [-0.4, -0.2) is 46.1 Å². The number of hydrogen-bond donors (Lipinski definition) is 3. The molecular formula is C14H15NO7. The van der Waals surface area contributed by atoms with E-state index < -0.39 is 42.3 Å². The Morgan fingerprint density at radius 2 is 1.68 bits per heavy atom. The van der Waals surface area contributed by atoms with Crippen LogP contribution in [0.4, 0.5) is 0 Å². The fourth-order valence-corrected chi connectivity index (χ4v) is 1.66. The molecule has 0 fully saturated rings. The molecule has 2 atom stereocenters. The fourth-order valence-electron chi connectivity index (χ4n) is 1.66. The van der Waals surface area contributed by atoms with Gasteiger partial charge >= 0.3 is 17.9 Å². The minimum absolute atomic E-state index is 0.112. The maximum Gasteiger partial charge on any atom is 0.376 e. The third-order valence-electron chi connectivity index (χ3n) is 2.72. The van der Waals surface area contributed by atoms with E-state index in [1.165, 1.54) is 0 Å². The Hall–Kier alpha value is -2.74. The molecule has 2 unspecified atom stereocenters. The number of carbonyl (C=O) groups is 4. The first-order chi connectivity index (χ1) is 10.3. The second-order valence-corrected chi connectivity index (χ2v) is 4.49. The number of carbonyl (C=O) groups excluding carboxylic acids is 2. The summed E-state index contributed by atoms with van der Waals surface area (Å²) in [6.07, 6.45) is -2.72. The monoisotopic (exact) mass is 309 g/mol. The lowest BCUT2D eigenvalue weighted by Gasteiger charge is -2.16. The lowest BCUT2D eigenvalue weighted by atomic mass is 10.1. The second kappa shape index (κ2) is 7.89. The Kier molecular flexibility index (Phi) is 6.21. The van der Waals surface area contributed by atoms with Gasteiger partial charge in [0.1, 0.15) is 6.04 Å². The Morgan fingerprint density at radius 1 is 1.09 bits per heavy atom. The SMILES string of the molecule is NC(Cc1ccccc1)C(=O)OC(CC(=O)O)C(=O)C(=O)O. The van der Waals surface area contributed by atoms with Crippen LogP contribution in [0.1, 0.15) is 12.0 Å². The molecule has 0 spiro atoms. The average Bonchev–Trinajstić information content (AvgIpc) is 2.46. The van der Waals surface area contributed by atoms with Crippen molar-refractivity contribution in [3.63, 3.8) is 0 Å². The molecule has 0 bridgehead atoms. The molecule has 0 aliphatic heterocycles. The number of hydrogen-bond acceptors (Lipinski definition) is 6. The number of ether oxygens (including phenoxy) is 1. The van der Waals surface area contributed by atoms with Crippen molar-refractivity contribution < 1.29 is 34.1 Å². The van der Waals surface area contributed by atoms with Gasteiger partial charge in [0.15, 0.2) is 6.10 Å². The van der Waals surface area contributed by atoms with Crippen LogP contribution in [0.2, 0.25) is 0 Å². The summed E-state index contributed by atoms with van der Waals surface area (Å²) < 4.78 is 4.64. The summed E-state index contributed by atoms with van der Waals surface area (Å²) in [5.74, 6) is -5.90. The first kappa shape index (κ1) is 17.3. The Morgan fingerprint density at radius 3 is 2.18 bits per heavy atom. The van der Waals surface area contributed by atoms with Crippen molar-refractivity contribution in [1.29, 1.82) is 0 Å². The first-order valence-electron chi connectivity index (χ1n) is 6.30. The predicted octanol–water partition coefficient (Wildman–Crippen LogP) is -0.403. The molecule has 22 heavy (non-hydrogen) atoms. The number of carboxylic acids is 2. The summed E-state index contributed by atoms with van der Waals surface area (Å²) in [4.78, 5) is 44.3. The lowest BCUT2D eigenvalue weighted by molar-refractivity contribution is -0.165. The maximum absolute atomic E-state index is 11.8. The molecule has 0 saturated heterocycles. The van der Waals surface area contributed by atoms with Gasteiger partial charge < -0.3 is 20.7 Å². The highest BCUT2D eigenvalue weighted by atomic mass is 16.6. The number of esters is 1. The Bertz CT molecular complexity index is 570. The molecule has 1 rings (SSSR count). The van der Waals surface area contributed by atoms with E-state index in [9.17, 15) is 19.2 Å². The molecule has 0 aliphatic rings. The van der Waals surface area contributed by atoms with E-state index in [1.807, 2.05) is 0 Å². The zero-order valence-corrected chi connectivity index (χ0v) is 11.5. The lowest BCUT2D eigenvalue weighted by Crippen LogP contribution is -2.41. The summed E-state index contributed by atoms with van der Waals surface area (Å²) >= 11 is 0. The van der Waals surface area contributed by atoms with Crippen molar-refractivity contribution in [3.8, 4) is 0 Å². The van der Waals surface area contributed by atoms with Crippen LogP contribution in [0.5, 0.6) is 0 Å². The summed E-state index contributed by atoms with van der Waals surface area (Å²) in [5.41, 5.74) is 6.37. The number of aliphatic carboxylic acids is 2. The number of Topliss-reactive ketones (excluding diaryl/α,β-unsaturated/α-hetero) is 1. The second-order valence-electron chi connectivity index (χ2n) is 4.49. The van der Waals surface area contributed by atoms with Gasteiger partial charge in [-0.1, -0.05) is 30.3 Å². The van der Waals surface area contributed by atoms with Crippen LogP contribution < -0.4 is 5.73 Å². The normalized spacial score (nSPS) is 13.0. The van der Waals surface area contributed by atoms with E-state index in [2.05, 4.69) is 4.74 Å². The highest BCUT2D eigenvalue weighted by Gasteiger charge is 2.32. The molecule has 8 heteroatoms. The van der Waals surface area contributed by atoms with Crippen molar-refractivity contribution in [1.82, 2.24) is 0 Å². The van der Waals surface area contributed by atoms with Crippen LogP contribution in [0.25, 0.3) is 0 Å². The molecule has 0 amide bonds. The third kappa shape index (κ3) is 5.33. The minimum atomic E-state index is -1.90. The quantitative estimate of drug-likeness (QED) is 0.434. The molecule has 118 valence electrons. The number of carboxylic acid groups (broad SMARTS) is 2. The summed E-state index contributed by atoms with van der Waals surface area (Å²) in [5, 5.41) is 17.2. The smallest absolute Gasteiger partial charge is 0.376 e. The number of ketones is 1. The zero-order valence-electron chi connectivity index (χ0n) is 11.5. The molecule has 0 aromatic heterocycles. The molecule has 1 aromatic carbocycles. The summed E-state index contributed by atoms with van der Waals surface area (Å²) in [6.45, 7) is 0. The van der Waals surface area contributed by atoms with E-state index in [-0.39, 0.29) is 6.42 Å². The highest BCUT2D eigenvalue weighted by molar-refractivity contribution is 6.35. The van der Waals surface area contributed by atoms with E-state index in [1.54, 1.807) is 30.3 Å². The van der Waals surface area contributed by atoms with Crippen LogP contribution in [0.15, 0.2) is 30.3 Å². The van der Waals surface area contributed by atoms with Crippen LogP contribution in [0.3, 0.4) is 0 Å². The van der Waals surface area contributed by atoms with Gasteiger partial charge in [0.25, 0.3) is 5.78 Å². The van der Waals surface area contributed by atoms with Crippen molar-refractivity contribution in [2.45, 2.75) is 25.0 Å². The first-order valence-corrected chi connectivity index (χ1v) is 6.30. The summed E-state index contributed by atoms with van der Waals surface area (Å²) in [7, 11) is 0. The van der Waals surface area contributed by atoms with Crippen LogP contribution in [0, 0.1) is 0 Å². The molecule has 0 heterocycles. The number of benzene rings is 1. The maximum atomic E-state index is 11.8. The van der Waals surface area contributed by atoms with Gasteiger partial charge in [-0.3, -0.25) is 14.4 Å². The van der Waals surface area contributed by atoms with Crippen molar-refractivity contribution in [3.05, 3.63) is 35.9 Å². The molecular weight excluding hydrogens is 294 g/mol. The molecule has 8 nitrogen and oxygen atoms in total. The van der Waals surface area contributed by atoms with E-state index in [4.69, 9.17) is 15.9 Å². The van der Waals surface area contributed by atoms with Crippen molar-refractivity contribution in [2.24, 2.45) is 5.73 Å². The fraction of sp³-hybridized carbons (Fsp3) is 0.286. The van der Waals surface area contributed by atoms with Gasteiger partial charge in [-0.2, -0.15) is 0 Å². The number of rotatable bonds is 8. The van der Waals surface area contributed by atoms with Gasteiger partial charge in [0.2, 0.25) is 0 Å². The minimum Gasteiger partial charge on any atom is -0.481 e. The van der Waals surface area contributed by atoms with Gasteiger partial charge in [0.05, 0.1) is 6.42 Å². The largest absolute Gasteiger partial charge is 0.481 e.